The van der Waals surface area contributed by atoms with Crippen molar-refractivity contribution in [1.29, 1.82) is 0 Å². The van der Waals surface area contributed by atoms with Crippen molar-refractivity contribution < 1.29 is 9.47 Å². The maximum atomic E-state index is 5.49. The number of rotatable bonds is 3. The zero-order chi connectivity index (χ0) is 15.8. The Morgan fingerprint density at radius 1 is 1.18 bits per heavy atom. The van der Waals surface area contributed by atoms with E-state index < -0.39 is 0 Å². The van der Waals surface area contributed by atoms with Crippen LogP contribution in [0.2, 0.25) is 0 Å². The molecule has 0 aromatic heterocycles. The fourth-order valence-electron chi connectivity index (χ4n) is 5.04. The van der Waals surface area contributed by atoms with Crippen molar-refractivity contribution >= 4 is 0 Å². The van der Waals surface area contributed by atoms with Crippen molar-refractivity contribution in [2.45, 2.75) is 51.4 Å². The van der Waals surface area contributed by atoms with Crippen molar-refractivity contribution in [3.05, 3.63) is 41.7 Å². The van der Waals surface area contributed by atoms with E-state index in [1.807, 2.05) is 6.26 Å². The number of benzene rings is 1. The standard InChI is InChI=1S/C20H28O2/c1-19(12-13-21-3)10-5-11-20(2)17-14-16(22-4)8-6-15(17)7-9-18(19)20/h6,8,12-14,18H,5,7,9-11H2,1-4H3/b13-12-/t18-,19+,20+/m0/s1. The van der Waals surface area contributed by atoms with Crippen LogP contribution in [0.3, 0.4) is 0 Å². The molecule has 2 heteroatoms. The average Bonchev–Trinajstić information content (AvgIpc) is 2.52. The molecule has 0 radical (unpaired) electrons. The second kappa shape index (κ2) is 5.64. The molecule has 0 heterocycles. The van der Waals surface area contributed by atoms with Gasteiger partial charge in [0, 0.05) is 0 Å². The molecule has 0 amide bonds. The summed E-state index contributed by atoms with van der Waals surface area (Å²) in [5, 5.41) is 0. The van der Waals surface area contributed by atoms with Gasteiger partial charge >= 0.3 is 0 Å². The Labute approximate surface area is 134 Å². The second-order valence-electron chi connectivity index (χ2n) is 7.43. The van der Waals surface area contributed by atoms with Gasteiger partial charge in [-0.05, 0) is 71.8 Å². The lowest BCUT2D eigenvalue weighted by atomic mass is 9.50. The molecule has 1 aromatic carbocycles. The summed E-state index contributed by atoms with van der Waals surface area (Å²) in [5.41, 5.74) is 3.50. The molecule has 0 spiro atoms. The molecule has 1 fully saturated rings. The SMILES string of the molecule is CO/C=C\[C@@]1(C)CCC[C@]2(C)c3cc(OC)ccc3CC[C@@H]12. The number of aryl methyl sites for hydroxylation is 1. The Balaban J connectivity index is 2.05. The molecular weight excluding hydrogens is 272 g/mol. The molecule has 120 valence electrons. The number of allylic oxidation sites excluding steroid dienone is 1. The van der Waals surface area contributed by atoms with Crippen molar-refractivity contribution in [2.24, 2.45) is 11.3 Å². The first-order valence-electron chi connectivity index (χ1n) is 8.41. The fraction of sp³-hybridized carbons (Fsp3) is 0.600. The van der Waals surface area contributed by atoms with E-state index in [0.29, 0.717) is 5.92 Å². The zero-order valence-electron chi connectivity index (χ0n) is 14.3. The van der Waals surface area contributed by atoms with Gasteiger partial charge in [-0.3, -0.25) is 0 Å². The highest BCUT2D eigenvalue weighted by Gasteiger charge is 2.50. The van der Waals surface area contributed by atoms with Crippen LogP contribution in [0.1, 0.15) is 50.7 Å². The van der Waals surface area contributed by atoms with Crippen LogP contribution in [-0.4, -0.2) is 14.2 Å². The van der Waals surface area contributed by atoms with Crippen LogP contribution >= 0.6 is 0 Å². The molecule has 3 atom stereocenters. The average molecular weight is 300 g/mol. The van der Waals surface area contributed by atoms with E-state index in [1.165, 1.54) is 43.2 Å². The van der Waals surface area contributed by atoms with Gasteiger partial charge in [-0.1, -0.05) is 26.3 Å². The lowest BCUT2D eigenvalue weighted by molar-refractivity contribution is 0.0610. The molecule has 2 aliphatic carbocycles. The van der Waals surface area contributed by atoms with E-state index in [0.717, 1.165) is 5.75 Å². The van der Waals surface area contributed by atoms with Crippen molar-refractivity contribution in [3.8, 4) is 5.75 Å². The molecule has 1 saturated carbocycles. The van der Waals surface area contributed by atoms with E-state index >= 15 is 0 Å². The van der Waals surface area contributed by atoms with Gasteiger partial charge in [0.2, 0.25) is 0 Å². The Kier molecular flexibility index (Phi) is 3.96. The van der Waals surface area contributed by atoms with Crippen LogP contribution < -0.4 is 4.74 Å². The van der Waals surface area contributed by atoms with Gasteiger partial charge in [-0.2, -0.15) is 0 Å². The molecule has 3 rings (SSSR count). The van der Waals surface area contributed by atoms with Gasteiger partial charge in [0.1, 0.15) is 5.75 Å². The van der Waals surface area contributed by atoms with Crippen molar-refractivity contribution in [1.82, 2.24) is 0 Å². The summed E-state index contributed by atoms with van der Waals surface area (Å²) in [6.45, 7) is 4.88. The molecule has 2 aliphatic rings. The summed E-state index contributed by atoms with van der Waals surface area (Å²) in [7, 11) is 3.50. The number of hydrogen-bond acceptors (Lipinski definition) is 2. The Hall–Kier alpha value is -1.44. The van der Waals surface area contributed by atoms with Crippen LogP contribution in [-0.2, 0) is 16.6 Å². The minimum atomic E-state index is 0.226. The Morgan fingerprint density at radius 2 is 2.00 bits per heavy atom. The van der Waals surface area contributed by atoms with Gasteiger partial charge in [0.15, 0.2) is 0 Å². The van der Waals surface area contributed by atoms with Crippen LogP contribution in [0.5, 0.6) is 5.75 Å². The second-order valence-corrected chi connectivity index (χ2v) is 7.43. The molecule has 0 bridgehead atoms. The fourth-order valence-corrected chi connectivity index (χ4v) is 5.04. The van der Waals surface area contributed by atoms with Gasteiger partial charge in [-0.25, -0.2) is 0 Å². The van der Waals surface area contributed by atoms with Crippen LogP contribution in [0.4, 0.5) is 0 Å². The van der Waals surface area contributed by atoms with E-state index in [9.17, 15) is 0 Å². The van der Waals surface area contributed by atoms with Crippen molar-refractivity contribution in [2.75, 3.05) is 14.2 Å². The topological polar surface area (TPSA) is 18.5 Å². The Bertz CT molecular complexity index is 577. The van der Waals surface area contributed by atoms with Crippen LogP contribution in [0.25, 0.3) is 0 Å². The summed E-state index contributed by atoms with van der Waals surface area (Å²) in [4.78, 5) is 0. The third-order valence-electron chi connectivity index (χ3n) is 6.20. The third kappa shape index (κ3) is 2.33. The van der Waals surface area contributed by atoms with Gasteiger partial charge in [0.05, 0.1) is 20.5 Å². The highest BCUT2D eigenvalue weighted by Crippen LogP contribution is 2.58. The molecule has 0 aliphatic heterocycles. The maximum Gasteiger partial charge on any atom is 0.119 e. The zero-order valence-corrected chi connectivity index (χ0v) is 14.3. The van der Waals surface area contributed by atoms with E-state index in [2.05, 4.69) is 38.1 Å². The minimum absolute atomic E-state index is 0.226. The monoisotopic (exact) mass is 300 g/mol. The number of ether oxygens (including phenoxy) is 2. The lowest BCUT2D eigenvalue weighted by Crippen LogP contribution is -2.48. The summed E-state index contributed by atoms with van der Waals surface area (Å²) >= 11 is 0. The van der Waals surface area contributed by atoms with E-state index in [1.54, 1.807) is 14.2 Å². The first kappa shape index (κ1) is 15.5. The maximum absolute atomic E-state index is 5.49. The number of methoxy groups -OCH3 is 2. The molecular formula is C20H28O2. The van der Waals surface area contributed by atoms with Gasteiger partial charge in [-0.15, -0.1) is 0 Å². The number of hydrogen-bond donors (Lipinski definition) is 0. The molecule has 1 aromatic rings. The lowest BCUT2D eigenvalue weighted by Gasteiger charge is -2.54. The molecule has 2 nitrogen and oxygen atoms in total. The minimum Gasteiger partial charge on any atom is -0.505 e. The summed E-state index contributed by atoms with van der Waals surface area (Å²) < 4.78 is 10.7. The largest absolute Gasteiger partial charge is 0.505 e. The quantitative estimate of drug-likeness (QED) is 0.742. The highest BCUT2D eigenvalue weighted by atomic mass is 16.5. The highest BCUT2D eigenvalue weighted by molar-refractivity contribution is 5.44. The molecule has 0 N–H and O–H groups in total. The first-order chi connectivity index (χ1) is 10.5. The summed E-state index contributed by atoms with van der Waals surface area (Å²) in [6, 6.07) is 6.66. The third-order valence-corrected chi connectivity index (χ3v) is 6.20. The normalized spacial score (nSPS) is 34.1. The molecule has 0 unspecified atom stereocenters. The van der Waals surface area contributed by atoms with E-state index in [-0.39, 0.29) is 10.8 Å². The summed E-state index contributed by atoms with van der Waals surface area (Å²) in [5.74, 6) is 1.65. The molecule has 22 heavy (non-hydrogen) atoms. The van der Waals surface area contributed by atoms with Gasteiger partial charge < -0.3 is 9.47 Å². The van der Waals surface area contributed by atoms with Crippen LogP contribution in [0.15, 0.2) is 30.5 Å². The summed E-state index contributed by atoms with van der Waals surface area (Å²) in [6.07, 6.45) is 10.4. The smallest absolute Gasteiger partial charge is 0.119 e. The van der Waals surface area contributed by atoms with Crippen LogP contribution in [0, 0.1) is 11.3 Å². The van der Waals surface area contributed by atoms with Crippen molar-refractivity contribution in [3.63, 3.8) is 0 Å². The Morgan fingerprint density at radius 3 is 2.73 bits per heavy atom. The number of fused-ring (bicyclic) bond motifs is 3. The van der Waals surface area contributed by atoms with E-state index in [4.69, 9.17) is 9.47 Å². The molecule has 0 saturated heterocycles. The van der Waals surface area contributed by atoms with Gasteiger partial charge in [0.25, 0.3) is 0 Å². The predicted octanol–water partition coefficient (Wildman–Crippen LogP) is 4.87. The predicted molar refractivity (Wildman–Crippen MR) is 90.3 cm³/mol. The first-order valence-corrected chi connectivity index (χ1v) is 8.41.